The summed E-state index contributed by atoms with van der Waals surface area (Å²) >= 11 is 0. The van der Waals surface area contributed by atoms with Crippen LogP contribution in [0, 0.1) is 35.0 Å². The molecular weight excluding hydrogens is 277 g/mol. The summed E-state index contributed by atoms with van der Waals surface area (Å²) in [6.45, 7) is 1.43. The number of fused-ring (bicyclic) bond motifs is 3. The maximum atomic E-state index is 14.0. The van der Waals surface area contributed by atoms with Crippen molar-refractivity contribution < 1.29 is 26.4 Å². The molecule has 1 nitrogen and oxygen atoms in total. The van der Waals surface area contributed by atoms with E-state index in [0.29, 0.717) is 16.8 Å². The molecule has 0 radical (unpaired) electrons. The first-order valence-corrected chi connectivity index (χ1v) is 6.70. The summed E-state index contributed by atoms with van der Waals surface area (Å²) in [6.07, 6.45) is 2.37. The van der Waals surface area contributed by atoms with Crippen molar-refractivity contribution >= 4 is 0 Å². The Morgan fingerprint density at radius 2 is 1.25 bits per heavy atom. The molecule has 0 aromatic heterocycles. The van der Waals surface area contributed by atoms with Gasteiger partial charge in [-0.2, -0.15) is 0 Å². The van der Waals surface area contributed by atoms with Gasteiger partial charge in [-0.15, -0.1) is 0 Å². The predicted octanol–water partition coefficient (Wildman–Crippen LogP) is 3.68. The van der Waals surface area contributed by atoms with Crippen molar-refractivity contribution in [3.8, 4) is 0 Å². The van der Waals surface area contributed by atoms with E-state index in [0.717, 1.165) is 25.9 Å². The lowest BCUT2D eigenvalue weighted by atomic mass is 9.78. The quantitative estimate of drug-likeness (QED) is 0.320. The Morgan fingerprint density at radius 3 is 1.70 bits per heavy atom. The summed E-state index contributed by atoms with van der Waals surface area (Å²) in [5.74, 6) is -8.78. The minimum absolute atomic E-state index is 0.315. The topological polar surface area (TPSA) is 0 Å². The molecule has 0 amide bonds. The first-order chi connectivity index (χ1) is 9.35. The molecule has 0 aliphatic carbocycles. The number of quaternary nitrogens is 1. The van der Waals surface area contributed by atoms with Gasteiger partial charge in [-0.25, -0.2) is 22.0 Å². The highest BCUT2D eigenvalue weighted by Gasteiger charge is 2.48. The molecule has 3 aliphatic rings. The van der Waals surface area contributed by atoms with Crippen LogP contribution in [0.4, 0.5) is 22.0 Å². The van der Waals surface area contributed by atoms with Crippen LogP contribution in [0.15, 0.2) is 0 Å². The Bertz CT molecular complexity index is 534. The summed E-state index contributed by atoms with van der Waals surface area (Å²) in [4.78, 5) is 0. The van der Waals surface area contributed by atoms with Crippen molar-refractivity contribution in [2.24, 2.45) is 5.92 Å². The Labute approximate surface area is 113 Å². The van der Waals surface area contributed by atoms with Crippen LogP contribution in [-0.2, 0) is 0 Å². The molecule has 1 aromatic carbocycles. The molecule has 0 saturated carbocycles. The second-order valence-electron chi connectivity index (χ2n) is 6.11. The SMILES string of the molecule is C[N+]12CCC(CC1)CC2c1c(F)c(F)c(F)c(F)c1F. The monoisotopic (exact) mass is 292 g/mol. The fourth-order valence-corrected chi connectivity index (χ4v) is 3.67. The Kier molecular flexibility index (Phi) is 3.04. The highest BCUT2D eigenvalue weighted by molar-refractivity contribution is 5.26. The smallest absolute Gasteiger partial charge is 0.200 e. The van der Waals surface area contributed by atoms with Gasteiger partial charge in [0.15, 0.2) is 23.3 Å². The number of nitrogens with zero attached hydrogens (tertiary/aromatic N) is 1. The lowest BCUT2D eigenvalue weighted by Crippen LogP contribution is -2.57. The molecule has 3 saturated heterocycles. The number of benzene rings is 1. The van der Waals surface area contributed by atoms with Gasteiger partial charge >= 0.3 is 0 Å². The largest absolute Gasteiger partial charge is 0.320 e. The molecular formula is C14H15F5N+. The van der Waals surface area contributed by atoms with Gasteiger partial charge in [-0.05, 0) is 18.8 Å². The minimum Gasteiger partial charge on any atom is -0.320 e. The van der Waals surface area contributed by atoms with Crippen LogP contribution < -0.4 is 0 Å². The fraction of sp³-hybridized carbons (Fsp3) is 0.571. The van der Waals surface area contributed by atoms with Gasteiger partial charge in [0.1, 0.15) is 6.04 Å². The molecule has 4 rings (SSSR count). The van der Waals surface area contributed by atoms with Gasteiger partial charge in [-0.1, -0.05) is 0 Å². The van der Waals surface area contributed by atoms with Gasteiger partial charge in [0.05, 0.1) is 25.7 Å². The number of hydrogen-bond donors (Lipinski definition) is 0. The van der Waals surface area contributed by atoms with E-state index < -0.39 is 40.7 Å². The summed E-state index contributed by atoms with van der Waals surface area (Å²) in [5.41, 5.74) is -0.631. The molecule has 6 heteroatoms. The van der Waals surface area contributed by atoms with Gasteiger partial charge in [0, 0.05) is 6.42 Å². The van der Waals surface area contributed by atoms with E-state index in [9.17, 15) is 22.0 Å². The van der Waals surface area contributed by atoms with E-state index in [1.54, 1.807) is 0 Å². The van der Waals surface area contributed by atoms with Crippen LogP contribution >= 0.6 is 0 Å². The summed E-state index contributed by atoms with van der Waals surface area (Å²) in [7, 11) is 1.83. The van der Waals surface area contributed by atoms with E-state index in [-0.39, 0.29) is 0 Å². The van der Waals surface area contributed by atoms with E-state index >= 15 is 0 Å². The van der Waals surface area contributed by atoms with Crippen LogP contribution in [0.2, 0.25) is 0 Å². The van der Waals surface area contributed by atoms with Gasteiger partial charge in [0.2, 0.25) is 5.82 Å². The van der Waals surface area contributed by atoms with Crippen molar-refractivity contribution in [3.63, 3.8) is 0 Å². The van der Waals surface area contributed by atoms with Crippen molar-refractivity contribution in [3.05, 3.63) is 34.6 Å². The van der Waals surface area contributed by atoms with Gasteiger partial charge in [0.25, 0.3) is 0 Å². The third-order valence-electron chi connectivity index (χ3n) is 4.98. The zero-order chi connectivity index (χ0) is 14.7. The second kappa shape index (κ2) is 4.41. The Morgan fingerprint density at radius 1 is 0.800 bits per heavy atom. The van der Waals surface area contributed by atoms with Crippen LogP contribution in [0.25, 0.3) is 0 Å². The lowest BCUT2D eigenvalue weighted by molar-refractivity contribution is -0.955. The number of piperidine rings is 3. The zero-order valence-electron chi connectivity index (χ0n) is 11.0. The number of hydrogen-bond acceptors (Lipinski definition) is 0. The fourth-order valence-electron chi connectivity index (χ4n) is 3.67. The minimum atomic E-state index is -2.08. The van der Waals surface area contributed by atoms with Crippen molar-refractivity contribution in [1.29, 1.82) is 0 Å². The molecule has 2 bridgehead atoms. The van der Waals surface area contributed by atoms with Crippen molar-refractivity contribution in [1.82, 2.24) is 0 Å². The first-order valence-electron chi connectivity index (χ1n) is 6.70. The lowest BCUT2D eigenvalue weighted by Gasteiger charge is -2.52. The van der Waals surface area contributed by atoms with Gasteiger partial charge in [-0.3, -0.25) is 0 Å². The summed E-state index contributed by atoms with van der Waals surface area (Å²) < 4.78 is 68.1. The highest BCUT2D eigenvalue weighted by atomic mass is 19.2. The van der Waals surface area contributed by atoms with Crippen LogP contribution in [0.3, 0.4) is 0 Å². The van der Waals surface area contributed by atoms with E-state index in [4.69, 9.17) is 0 Å². The van der Waals surface area contributed by atoms with E-state index in [2.05, 4.69) is 0 Å². The predicted molar refractivity (Wildman–Crippen MR) is 62.2 cm³/mol. The number of halogens is 5. The molecule has 1 aromatic rings. The molecule has 3 heterocycles. The van der Waals surface area contributed by atoms with E-state index in [1.165, 1.54) is 0 Å². The van der Waals surface area contributed by atoms with Crippen LogP contribution in [-0.4, -0.2) is 24.6 Å². The third-order valence-corrected chi connectivity index (χ3v) is 4.98. The van der Waals surface area contributed by atoms with Crippen LogP contribution in [0.5, 0.6) is 0 Å². The standard InChI is InChI=1S/C14H15F5N/c1-20-4-2-7(3-5-20)6-8(20)9-10(15)12(17)14(19)13(18)11(9)16/h7-8H,2-6H2,1H3/q+1. The Hall–Kier alpha value is -1.17. The summed E-state index contributed by atoms with van der Waals surface area (Å²) in [5, 5.41) is 0. The normalized spacial score (nSPS) is 32.7. The number of rotatable bonds is 1. The Balaban J connectivity index is 2.16. The van der Waals surface area contributed by atoms with Gasteiger partial charge < -0.3 is 4.48 Å². The highest BCUT2D eigenvalue weighted by Crippen LogP contribution is 2.47. The maximum absolute atomic E-state index is 14.0. The van der Waals surface area contributed by atoms with E-state index in [1.807, 2.05) is 7.05 Å². The molecule has 3 fully saturated rings. The van der Waals surface area contributed by atoms with Crippen LogP contribution in [0.1, 0.15) is 30.9 Å². The second-order valence-corrected chi connectivity index (χ2v) is 6.11. The zero-order valence-corrected chi connectivity index (χ0v) is 11.0. The average Bonchev–Trinajstić information content (AvgIpc) is 2.44. The molecule has 1 atom stereocenters. The molecule has 0 N–H and O–H groups in total. The molecule has 0 spiro atoms. The van der Waals surface area contributed by atoms with Crippen molar-refractivity contribution in [2.45, 2.75) is 25.3 Å². The summed E-state index contributed by atoms with van der Waals surface area (Å²) in [6, 6.07) is -0.646. The van der Waals surface area contributed by atoms with Crippen molar-refractivity contribution in [2.75, 3.05) is 20.1 Å². The molecule has 110 valence electrons. The molecule has 20 heavy (non-hydrogen) atoms. The third kappa shape index (κ3) is 1.77. The molecule has 3 aliphatic heterocycles. The average molecular weight is 292 g/mol. The maximum Gasteiger partial charge on any atom is 0.200 e. The first kappa shape index (κ1) is 13.8. The molecule has 1 unspecified atom stereocenters.